The zero-order valence-electron chi connectivity index (χ0n) is 13.5. The third-order valence-corrected chi connectivity index (χ3v) is 3.65. The molecule has 2 aromatic carbocycles. The maximum Gasteiger partial charge on any atom is 0.259 e. The van der Waals surface area contributed by atoms with Gasteiger partial charge in [-0.15, -0.1) is 0 Å². The van der Waals surface area contributed by atoms with Crippen molar-refractivity contribution >= 4 is 22.5 Å². The number of rotatable bonds is 5. The molecule has 7 heteroatoms. The van der Waals surface area contributed by atoms with Crippen LogP contribution in [0.1, 0.15) is 10.4 Å². The van der Waals surface area contributed by atoms with E-state index >= 15 is 0 Å². The van der Waals surface area contributed by atoms with Gasteiger partial charge in [-0.3, -0.25) is 9.89 Å². The molecular formula is C17H17N3O4. The molecule has 1 heterocycles. The van der Waals surface area contributed by atoms with Crippen LogP contribution in [0.4, 0.5) is 5.69 Å². The molecule has 24 heavy (non-hydrogen) atoms. The summed E-state index contributed by atoms with van der Waals surface area (Å²) >= 11 is 0. The Kier molecular flexibility index (Phi) is 4.24. The Balaban J connectivity index is 1.94. The minimum absolute atomic E-state index is 0.310. The SMILES string of the molecule is COc1ccc(C(=O)Nc2ccc3[nH]ncc3c2)c(OC)c1OC. The van der Waals surface area contributed by atoms with Gasteiger partial charge in [-0.05, 0) is 30.3 Å². The number of carbonyl (C=O) groups is 1. The van der Waals surface area contributed by atoms with Crippen LogP contribution in [0.25, 0.3) is 10.9 Å². The molecule has 0 aliphatic rings. The van der Waals surface area contributed by atoms with Crippen LogP contribution in [0.3, 0.4) is 0 Å². The number of H-pyrrole nitrogens is 1. The van der Waals surface area contributed by atoms with Crippen LogP contribution in [0.2, 0.25) is 0 Å². The van der Waals surface area contributed by atoms with E-state index in [0.717, 1.165) is 10.9 Å². The van der Waals surface area contributed by atoms with E-state index in [2.05, 4.69) is 15.5 Å². The number of aromatic amines is 1. The van der Waals surface area contributed by atoms with Crippen LogP contribution in [0, 0.1) is 0 Å². The lowest BCUT2D eigenvalue weighted by atomic mass is 10.1. The van der Waals surface area contributed by atoms with Crippen LogP contribution in [0.15, 0.2) is 36.5 Å². The minimum atomic E-state index is -0.310. The lowest BCUT2D eigenvalue weighted by Crippen LogP contribution is -2.14. The van der Waals surface area contributed by atoms with Crippen LogP contribution in [0.5, 0.6) is 17.2 Å². The lowest BCUT2D eigenvalue weighted by Gasteiger charge is -2.15. The first-order chi connectivity index (χ1) is 11.7. The van der Waals surface area contributed by atoms with Crippen molar-refractivity contribution in [3.05, 3.63) is 42.1 Å². The van der Waals surface area contributed by atoms with E-state index in [1.54, 1.807) is 24.4 Å². The number of carbonyl (C=O) groups excluding carboxylic acids is 1. The number of anilines is 1. The Morgan fingerprint density at radius 3 is 2.54 bits per heavy atom. The summed E-state index contributed by atoms with van der Waals surface area (Å²) in [6, 6.07) is 8.78. The molecule has 0 spiro atoms. The predicted octanol–water partition coefficient (Wildman–Crippen LogP) is 2.84. The van der Waals surface area contributed by atoms with Gasteiger partial charge < -0.3 is 19.5 Å². The first-order valence-electron chi connectivity index (χ1n) is 7.21. The predicted molar refractivity (Wildman–Crippen MR) is 90.1 cm³/mol. The molecule has 7 nitrogen and oxygen atoms in total. The summed E-state index contributed by atoms with van der Waals surface area (Å²) in [5.41, 5.74) is 1.91. The van der Waals surface area contributed by atoms with Crippen LogP contribution in [-0.4, -0.2) is 37.4 Å². The van der Waals surface area contributed by atoms with Crippen LogP contribution >= 0.6 is 0 Å². The minimum Gasteiger partial charge on any atom is -0.493 e. The van der Waals surface area contributed by atoms with Crippen molar-refractivity contribution in [3.8, 4) is 17.2 Å². The summed E-state index contributed by atoms with van der Waals surface area (Å²) in [7, 11) is 4.50. The van der Waals surface area contributed by atoms with Crippen molar-refractivity contribution in [2.45, 2.75) is 0 Å². The number of hydrogen-bond donors (Lipinski definition) is 2. The molecule has 0 unspecified atom stereocenters. The molecule has 1 aromatic heterocycles. The Morgan fingerprint density at radius 1 is 1.04 bits per heavy atom. The number of ether oxygens (including phenoxy) is 3. The molecule has 2 N–H and O–H groups in total. The number of nitrogens with one attached hydrogen (secondary N) is 2. The van der Waals surface area contributed by atoms with E-state index in [1.165, 1.54) is 21.3 Å². The van der Waals surface area contributed by atoms with E-state index in [-0.39, 0.29) is 5.91 Å². The number of fused-ring (bicyclic) bond motifs is 1. The molecular weight excluding hydrogens is 310 g/mol. The summed E-state index contributed by atoms with van der Waals surface area (Å²) in [5, 5.41) is 10.6. The van der Waals surface area contributed by atoms with Crippen LogP contribution in [-0.2, 0) is 0 Å². The summed E-state index contributed by atoms with van der Waals surface area (Å²) in [5.74, 6) is 0.873. The molecule has 0 aliphatic heterocycles. The van der Waals surface area contributed by atoms with Crippen molar-refractivity contribution in [1.29, 1.82) is 0 Å². The number of hydrogen-bond acceptors (Lipinski definition) is 5. The first-order valence-corrected chi connectivity index (χ1v) is 7.21. The third kappa shape index (κ3) is 2.71. The van der Waals surface area contributed by atoms with E-state index in [0.29, 0.717) is 28.5 Å². The molecule has 0 bridgehead atoms. The maximum absolute atomic E-state index is 12.6. The second-order valence-corrected chi connectivity index (χ2v) is 5.01. The van der Waals surface area contributed by atoms with Gasteiger partial charge in [0.15, 0.2) is 11.5 Å². The highest BCUT2D eigenvalue weighted by Crippen LogP contribution is 2.39. The highest BCUT2D eigenvalue weighted by molar-refractivity contribution is 6.07. The fraction of sp³-hybridized carbons (Fsp3) is 0.176. The Hall–Kier alpha value is -3.22. The highest BCUT2D eigenvalue weighted by atomic mass is 16.5. The first kappa shape index (κ1) is 15.7. The molecule has 124 valence electrons. The quantitative estimate of drug-likeness (QED) is 0.752. The van der Waals surface area contributed by atoms with Gasteiger partial charge in [0.25, 0.3) is 5.91 Å². The molecule has 0 aliphatic carbocycles. The van der Waals surface area contributed by atoms with Gasteiger partial charge in [0.05, 0.1) is 38.6 Å². The largest absolute Gasteiger partial charge is 0.493 e. The molecule has 0 radical (unpaired) electrons. The molecule has 3 rings (SSSR count). The van der Waals surface area contributed by atoms with Gasteiger partial charge in [-0.1, -0.05) is 0 Å². The average molecular weight is 327 g/mol. The van der Waals surface area contributed by atoms with E-state index < -0.39 is 0 Å². The smallest absolute Gasteiger partial charge is 0.259 e. The molecule has 1 amide bonds. The molecule has 0 atom stereocenters. The van der Waals surface area contributed by atoms with Gasteiger partial charge in [0.2, 0.25) is 5.75 Å². The summed E-state index contributed by atoms with van der Waals surface area (Å²) in [6.07, 6.45) is 1.70. The second-order valence-electron chi connectivity index (χ2n) is 5.01. The van der Waals surface area contributed by atoms with Crippen LogP contribution < -0.4 is 19.5 Å². The topological polar surface area (TPSA) is 85.5 Å². The van der Waals surface area contributed by atoms with Gasteiger partial charge in [-0.2, -0.15) is 5.10 Å². The standard InChI is InChI=1S/C17H17N3O4/c1-22-14-7-5-12(15(23-2)16(14)24-3)17(21)19-11-4-6-13-10(8-11)9-18-20-13/h4-9H,1-3H3,(H,18,20)(H,19,21). The monoisotopic (exact) mass is 327 g/mol. The van der Waals surface area contributed by atoms with Crippen molar-refractivity contribution in [2.75, 3.05) is 26.6 Å². The highest BCUT2D eigenvalue weighted by Gasteiger charge is 2.20. The summed E-state index contributed by atoms with van der Waals surface area (Å²) < 4.78 is 15.9. The average Bonchev–Trinajstić information content (AvgIpc) is 3.07. The van der Waals surface area contributed by atoms with E-state index in [9.17, 15) is 4.79 Å². The number of benzene rings is 2. The Labute approximate surface area is 138 Å². The summed E-state index contributed by atoms with van der Waals surface area (Å²) in [6.45, 7) is 0. The van der Waals surface area contributed by atoms with Gasteiger partial charge in [0.1, 0.15) is 0 Å². The molecule has 0 saturated carbocycles. The van der Waals surface area contributed by atoms with Crippen molar-refractivity contribution in [3.63, 3.8) is 0 Å². The van der Waals surface area contributed by atoms with Crippen molar-refractivity contribution < 1.29 is 19.0 Å². The molecule has 0 saturated heterocycles. The van der Waals surface area contributed by atoms with Crippen molar-refractivity contribution in [2.24, 2.45) is 0 Å². The van der Waals surface area contributed by atoms with Crippen molar-refractivity contribution in [1.82, 2.24) is 10.2 Å². The Morgan fingerprint density at radius 2 is 1.83 bits per heavy atom. The third-order valence-electron chi connectivity index (χ3n) is 3.65. The fourth-order valence-corrected chi connectivity index (χ4v) is 2.50. The normalized spacial score (nSPS) is 10.5. The number of nitrogens with zero attached hydrogens (tertiary/aromatic N) is 1. The molecule has 0 fully saturated rings. The number of amides is 1. The number of aromatic nitrogens is 2. The van der Waals surface area contributed by atoms with Gasteiger partial charge in [0, 0.05) is 11.1 Å². The van der Waals surface area contributed by atoms with E-state index in [4.69, 9.17) is 14.2 Å². The van der Waals surface area contributed by atoms with E-state index in [1.807, 2.05) is 12.1 Å². The Bertz CT molecular complexity index is 889. The fourth-order valence-electron chi connectivity index (χ4n) is 2.50. The summed E-state index contributed by atoms with van der Waals surface area (Å²) in [4.78, 5) is 12.6. The molecule has 3 aromatic rings. The number of methoxy groups -OCH3 is 3. The van der Waals surface area contributed by atoms with Gasteiger partial charge >= 0.3 is 0 Å². The second kappa shape index (κ2) is 6.49. The maximum atomic E-state index is 12.6. The zero-order chi connectivity index (χ0) is 17.1. The zero-order valence-corrected chi connectivity index (χ0v) is 13.5. The van der Waals surface area contributed by atoms with Gasteiger partial charge in [-0.25, -0.2) is 0 Å². The lowest BCUT2D eigenvalue weighted by molar-refractivity contribution is 0.102.